The van der Waals surface area contributed by atoms with Gasteiger partial charge in [0.15, 0.2) is 0 Å². The second kappa shape index (κ2) is 11.6. The molecule has 212 valence electrons. The summed E-state index contributed by atoms with van der Waals surface area (Å²) in [4.78, 5) is 5.24. The van der Waals surface area contributed by atoms with Crippen LogP contribution in [0.5, 0.6) is 0 Å². The Balaban J connectivity index is 1.28. The van der Waals surface area contributed by atoms with Crippen molar-refractivity contribution in [3.8, 4) is 22.3 Å². The molecule has 2 nitrogen and oxygen atoms in total. The highest BCUT2D eigenvalue weighted by molar-refractivity contribution is 6.20. The van der Waals surface area contributed by atoms with Crippen LogP contribution in [0.3, 0.4) is 0 Å². The fourth-order valence-electron chi connectivity index (χ4n) is 6.20. The summed E-state index contributed by atoms with van der Waals surface area (Å²) in [6.07, 6.45) is 10.8. The van der Waals surface area contributed by atoms with E-state index >= 15 is 0 Å². The highest BCUT2D eigenvalue weighted by Gasteiger charge is 2.21. The molecule has 0 saturated carbocycles. The SMILES string of the molecule is C(=C\c1ccc(-c2c3ccccc3c(-c3ccc(/C=C/c4ccccc4)cc3)c3c2nc2ccccn23)cc1)/c1ccccc1. The van der Waals surface area contributed by atoms with E-state index < -0.39 is 0 Å². The van der Waals surface area contributed by atoms with Gasteiger partial charge in [-0.15, -0.1) is 0 Å². The topological polar surface area (TPSA) is 17.3 Å². The maximum atomic E-state index is 5.24. The van der Waals surface area contributed by atoms with Crippen LogP contribution in [0.15, 0.2) is 158 Å². The van der Waals surface area contributed by atoms with Crippen LogP contribution in [-0.2, 0) is 0 Å². The maximum absolute atomic E-state index is 5.24. The Morgan fingerprint density at radius 3 is 1.40 bits per heavy atom. The van der Waals surface area contributed by atoms with Crippen molar-refractivity contribution < 1.29 is 0 Å². The number of rotatable bonds is 6. The molecule has 0 aliphatic rings. The molecule has 2 heterocycles. The number of nitrogens with zero attached hydrogens (tertiary/aromatic N) is 2. The number of benzene rings is 6. The minimum Gasteiger partial charge on any atom is -0.299 e. The third-order valence-electron chi connectivity index (χ3n) is 8.40. The Morgan fingerprint density at radius 1 is 0.400 bits per heavy atom. The quantitative estimate of drug-likeness (QED) is 0.181. The van der Waals surface area contributed by atoms with E-state index in [0.29, 0.717) is 0 Å². The minimum atomic E-state index is 0.940. The third kappa shape index (κ3) is 5.13. The molecule has 0 aliphatic heterocycles. The zero-order chi connectivity index (χ0) is 30.0. The molecule has 8 aromatic rings. The lowest BCUT2D eigenvalue weighted by Crippen LogP contribution is -1.92. The normalized spacial score (nSPS) is 11.8. The summed E-state index contributed by atoms with van der Waals surface area (Å²) in [5.41, 5.74) is 12.5. The molecule has 6 aromatic carbocycles. The van der Waals surface area contributed by atoms with E-state index in [0.717, 1.165) is 33.4 Å². The average molecular weight is 575 g/mol. The molecule has 2 aromatic heterocycles. The molecule has 0 atom stereocenters. The summed E-state index contributed by atoms with van der Waals surface area (Å²) in [6.45, 7) is 0. The number of pyridine rings is 1. The number of imidazole rings is 1. The van der Waals surface area contributed by atoms with Gasteiger partial charge in [0.2, 0.25) is 0 Å². The fourth-order valence-corrected chi connectivity index (χ4v) is 6.20. The van der Waals surface area contributed by atoms with Crippen molar-refractivity contribution in [2.45, 2.75) is 0 Å². The van der Waals surface area contributed by atoms with Crippen LogP contribution in [0.4, 0.5) is 0 Å². The standard InChI is InChI=1S/C43H30N2/c1-3-11-31(12-4-1)18-20-33-22-26-35(27-23-33)40-37-15-7-8-16-38(37)41(43-42(40)44-39-17-9-10-30-45(39)43)36-28-24-34(25-29-36)21-19-32-13-5-2-6-14-32/h1-30H/b20-18+,21-19+. The van der Waals surface area contributed by atoms with Crippen molar-refractivity contribution in [1.82, 2.24) is 9.38 Å². The van der Waals surface area contributed by atoms with Crippen LogP contribution >= 0.6 is 0 Å². The molecule has 0 amide bonds. The fraction of sp³-hybridized carbons (Fsp3) is 0. The van der Waals surface area contributed by atoms with Crippen LogP contribution in [0.2, 0.25) is 0 Å². The van der Waals surface area contributed by atoms with Gasteiger partial charge in [-0.3, -0.25) is 4.40 Å². The first-order chi connectivity index (χ1) is 22.3. The summed E-state index contributed by atoms with van der Waals surface area (Å²) in [5.74, 6) is 0. The Bertz CT molecular complexity index is 2330. The molecule has 0 saturated heterocycles. The van der Waals surface area contributed by atoms with Gasteiger partial charge < -0.3 is 0 Å². The Labute approximate surface area is 262 Å². The number of hydrogen-bond acceptors (Lipinski definition) is 1. The van der Waals surface area contributed by atoms with E-state index in [1.54, 1.807) is 0 Å². The van der Waals surface area contributed by atoms with Gasteiger partial charge in [-0.1, -0.05) is 164 Å². The molecule has 0 bridgehead atoms. The first-order valence-electron chi connectivity index (χ1n) is 15.3. The van der Waals surface area contributed by atoms with Crippen molar-refractivity contribution in [3.63, 3.8) is 0 Å². The average Bonchev–Trinajstić information content (AvgIpc) is 3.49. The summed E-state index contributed by atoms with van der Waals surface area (Å²) >= 11 is 0. The Hall–Kier alpha value is -5.99. The van der Waals surface area contributed by atoms with Crippen LogP contribution in [-0.4, -0.2) is 9.38 Å². The predicted octanol–water partition coefficient (Wildman–Crippen LogP) is 11.3. The van der Waals surface area contributed by atoms with E-state index in [1.165, 1.54) is 38.6 Å². The van der Waals surface area contributed by atoms with Gasteiger partial charge in [-0.25, -0.2) is 4.98 Å². The smallest absolute Gasteiger partial charge is 0.137 e. The molecular formula is C43H30N2. The molecule has 0 N–H and O–H groups in total. The second-order valence-electron chi connectivity index (χ2n) is 11.3. The van der Waals surface area contributed by atoms with Gasteiger partial charge in [0.25, 0.3) is 0 Å². The van der Waals surface area contributed by atoms with Gasteiger partial charge >= 0.3 is 0 Å². The lowest BCUT2D eigenvalue weighted by Gasteiger charge is -2.15. The summed E-state index contributed by atoms with van der Waals surface area (Å²) in [5, 5.41) is 2.41. The third-order valence-corrected chi connectivity index (χ3v) is 8.40. The van der Waals surface area contributed by atoms with Gasteiger partial charge in [0.05, 0.1) is 11.0 Å². The molecule has 0 radical (unpaired) electrons. The zero-order valence-electron chi connectivity index (χ0n) is 24.7. The number of hydrogen-bond donors (Lipinski definition) is 0. The largest absolute Gasteiger partial charge is 0.299 e. The molecule has 0 aliphatic carbocycles. The van der Waals surface area contributed by atoms with Crippen molar-refractivity contribution >= 4 is 51.8 Å². The Kier molecular flexibility index (Phi) is 6.86. The lowest BCUT2D eigenvalue weighted by atomic mass is 9.89. The van der Waals surface area contributed by atoms with Crippen molar-refractivity contribution in [2.24, 2.45) is 0 Å². The second-order valence-corrected chi connectivity index (χ2v) is 11.3. The molecule has 0 unspecified atom stereocenters. The van der Waals surface area contributed by atoms with E-state index in [1.807, 2.05) is 12.1 Å². The highest BCUT2D eigenvalue weighted by Crippen LogP contribution is 2.43. The van der Waals surface area contributed by atoms with Gasteiger partial charge in [0.1, 0.15) is 5.65 Å². The van der Waals surface area contributed by atoms with Gasteiger partial charge in [-0.2, -0.15) is 0 Å². The summed E-state index contributed by atoms with van der Waals surface area (Å²) < 4.78 is 2.24. The van der Waals surface area contributed by atoms with Crippen LogP contribution in [0.25, 0.3) is 74.0 Å². The lowest BCUT2D eigenvalue weighted by molar-refractivity contribution is 1.23. The molecule has 8 rings (SSSR count). The van der Waals surface area contributed by atoms with Crippen molar-refractivity contribution in [2.75, 3.05) is 0 Å². The number of aromatic nitrogens is 2. The van der Waals surface area contributed by atoms with Crippen LogP contribution in [0, 0.1) is 0 Å². The first-order valence-corrected chi connectivity index (χ1v) is 15.3. The monoisotopic (exact) mass is 574 g/mol. The summed E-state index contributed by atoms with van der Waals surface area (Å²) in [6, 6.07) is 53.5. The van der Waals surface area contributed by atoms with E-state index in [4.69, 9.17) is 4.98 Å². The first kappa shape index (κ1) is 26.6. The van der Waals surface area contributed by atoms with E-state index in [2.05, 4.69) is 174 Å². The minimum absolute atomic E-state index is 0.940. The van der Waals surface area contributed by atoms with Crippen LogP contribution < -0.4 is 0 Å². The maximum Gasteiger partial charge on any atom is 0.137 e. The van der Waals surface area contributed by atoms with E-state index in [-0.39, 0.29) is 0 Å². The molecular weight excluding hydrogens is 544 g/mol. The molecule has 0 fully saturated rings. The summed E-state index contributed by atoms with van der Waals surface area (Å²) in [7, 11) is 0. The highest BCUT2D eigenvalue weighted by atomic mass is 15.0. The molecule has 45 heavy (non-hydrogen) atoms. The number of fused-ring (bicyclic) bond motifs is 4. The van der Waals surface area contributed by atoms with Gasteiger partial charge in [0, 0.05) is 17.3 Å². The molecule has 0 spiro atoms. The zero-order valence-corrected chi connectivity index (χ0v) is 24.7. The predicted molar refractivity (Wildman–Crippen MR) is 192 cm³/mol. The Morgan fingerprint density at radius 2 is 0.844 bits per heavy atom. The molecule has 2 heteroatoms. The van der Waals surface area contributed by atoms with Gasteiger partial charge in [-0.05, 0) is 56.3 Å². The van der Waals surface area contributed by atoms with Crippen molar-refractivity contribution in [1.29, 1.82) is 0 Å². The van der Waals surface area contributed by atoms with Crippen LogP contribution in [0.1, 0.15) is 22.3 Å². The van der Waals surface area contributed by atoms with E-state index in [9.17, 15) is 0 Å². The van der Waals surface area contributed by atoms with Crippen molar-refractivity contribution in [3.05, 3.63) is 180 Å².